The Hall–Kier alpha value is -1.73. The molecule has 2 aromatic carbocycles. The highest BCUT2D eigenvalue weighted by atomic mass is 32.2. The van der Waals surface area contributed by atoms with Gasteiger partial charge in [-0.25, -0.2) is 13.6 Å². The highest BCUT2D eigenvalue weighted by Gasteiger charge is 2.14. The minimum absolute atomic E-state index is 0.140. The van der Waals surface area contributed by atoms with Gasteiger partial charge in [-0.3, -0.25) is 0 Å². The number of hydrogen-bond donors (Lipinski definition) is 2. The molecule has 6 heteroatoms. The topological polar surface area (TPSA) is 81.9 Å². The van der Waals surface area contributed by atoms with Crippen LogP contribution in [0, 0.1) is 5.21 Å². The molecule has 0 amide bonds. The summed E-state index contributed by atoms with van der Waals surface area (Å²) in [6.45, 7) is 0. The third-order valence-corrected chi connectivity index (χ3v) is 4.36. The van der Waals surface area contributed by atoms with E-state index in [-0.39, 0.29) is 16.3 Å². The second-order valence-electron chi connectivity index (χ2n) is 4.07. The maximum atomic E-state index is 12.1. The molecule has 0 spiro atoms. The minimum Gasteiger partial charge on any atom is -0.595 e. The summed E-state index contributed by atoms with van der Waals surface area (Å²) in [6.07, 6.45) is 0. The molecule has 0 saturated heterocycles. The molecule has 0 bridgehead atoms. The Morgan fingerprint density at radius 2 is 1.58 bits per heavy atom. The van der Waals surface area contributed by atoms with E-state index in [0.717, 1.165) is 0 Å². The summed E-state index contributed by atoms with van der Waals surface area (Å²) in [5.74, 6) is -0.142. The number of sulfone groups is 1. The normalized spacial score (nSPS) is 13.2. The van der Waals surface area contributed by atoms with Crippen molar-refractivity contribution in [2.75, 3.05) is 0 Å². The van der Waals surface area contributed by atoms with E-state index in [9.17, 15) is 13.6 Å². The van der Waals surface area contributed by atoms with Gasteiger partial charge in [0.25, 0.3) is 0 Å². The van der Waals surface area contributed by atoms with Gasteiger partial charge in [0.1, 0.15) is 0 Å². The van der Waals surface area contributed by atoms with Gasteiger partial charge >= 0.3 is 0 Å². The zero-order valence-electron chi connectivity index (χ0n) is 9.98. The molecule has 5 nitrogen and oxygen atoms in total. The molecule has 0 aromatic heterocycles. The standard InChI is InChI=1S/C13H13NO4S/c15-14(16)12-8-6-11(7-9-12)10-19(17,18)13-4-2-1-3-5-13/h1-9,14-15H,10H2. The Kier molecular flexibility index (Phi) is 3.96. The highest BCUT2D eigenvalue weighted by molar-refractivity contribution is 7.90. The summed E-state index contributed by atoms with van der Waals surface area (Å²) in [4.78, 5) is 0.261. The second kappa shape index (κ2) is 5.50. The van der Waals surface area contributed by atoms with Crippen molar-refractivity contribution in [1.82, 2.24) is 0 Å². The average molecular weight is 279 g/mol. The SMILES string of the molecule is O=S(=O)(Cc1ccc([NH+]([O-])O)cc1)c1ccccc1. The van der Waals surface area contributed by atoms with Crippen LogP contribution in [0.1, 0.15) is 5.56 Å². The van der Waals surface area contributed by atoms with E-state index in [2.05, 4.69) is 0 Å². The second-order valence-corrected chi connectivity index (χ2v) is 6.06. The summed E-state index contributed by atoms with van der Waals surface area (Å²) in [5, 5.41) is 18.4. The molecule has 2 rings (SSSR count). The van der Waals surface area contributed by atoms with E-state index in [1.807, 2.05) is 0 Å². The molecular weight excluding hydrogens is 266 g/mol. The first kappa shape index (κ1) is 13.7. The van der Waals surface area contributed by atoms with Crippen molar-refractivity contribution in [3.05, 3.63) is 65.4 Å². The first-order chi connectivity index (χ1) is 8.99. The summed E-state index contributed by atoms with van der Waals surface area (Å²) >= 11 is 0. The van der Waals surface area contributed by atoms with Gasteiger partial charge in [-0.15, -0.1) is 0 Å². The molecule has 0 radical (unpaired) electrons. The molecule has 0 heterocycles. The fraction of sp³-hybridized carbons (Fsp3) is 0.0769. The van der Waals surface area contributed by atoms with E-state index in [1.165, 1.54) is 24.3 Å². The quantitative estimate of drug-likeness (QED) is 0.820. The van der Waals surface area contributed by atoms with Gasteiger partial charge < -0.3 is 5.21 Å². The van der Waals surface area contributed by atoms with Crippen LogP contribution in [0.3, 0.4) is 0 Å². The molecular formula is C13H13NO4S. The molecule has 19 heavy (non-hydrogen) atoms. The van der Waals surface area contributed by atoms with Crippen molar-refractivity contribution in [3.8, 4) is 0 Å². The average Bonchev–Trinajstić information content (AvgIpc) is 2.40. The van der Waals surface area contributed by atoms with Crippen molar-refractivity contribution in [2.45, 2.75) is 10.6 Å². The Bertz CT molecular complexity index is 636. The molecule has 0 fully saturated rings. The van der Waals surface area contributed by atoms with Crippen LogP contribution in [0.2, 0.25) is 0 Å². The maximum Gasteiger partial charge on any atom is 0.182 e. The largest absolute Gasteiger partial charge is 0.595 e. The monoisotopic (exact) mass is 279 g/mol. The molecule has 2 N–H and O–H groups in total. The van der Waals surface area contributed by atoms with Crippen LogP contribution in [0.4, 0.5) is 5.69 Å². The van der Waals surface area contributed by atoms with E-state index in [4.69, 9.17) is 5.21 Å². The van der Waals surface area contributed by atoms with Gasteiger partial charge in [0, 0.05) is 12.1 Å². The summed E-state index contributed by atoms with van der Waals surface area (Å²) in [7, 11) is -3.39. The third kappa shape index (κ3) is 3.39. The summed E-state index contributed by atoms with van der Waals surface area (Å²) < 4.78 is 24.2. The lowest BCUT2D eigenvalue weighted by molar-refractivity contribution is -0.991. The lowest BCUT2D eigenvalue weighted by Crippen LogP contribution is -2.99. The first-order valence-electron chi connectivity index (χ1n) is 5.59. The van der Waals surface area contributed by atoms with Crippen LogP contribution in [0.15, 0.2) is 59.5 Å². The van der Waals surface area contributed by atoms with Crippen LogP contribution in [0.5, 0.6) is 0 Å². The van der Waals surface area contributed by atoms with E-state index < -0.39 is 15.1 Å². The molecule has 0 aliphatic rings. The Morgan fingerprint density at radius 3 is 2.11 bits per heavy atom. The highest BCUT2D eigenvalue weighted by Crippen LogP contribution is 2.16. The number of nitrogens with one attached hydrogen (secondary N) is 1. The molecule has 1 atom stereocenters. The van der Waals surface area contributed by atoms with Gasteiger partial charge in [0.05, 0.1) is 10.6 Å². The molecule has 0 saturated carbocycles. The van der Waals surface area contributed by atoms with Crippen LogP contribution in [-0.4, -0.2) is 13.6 Å². The number of benzene rings is 2. The fourth-order valence-electron chi connectivity index (χ4n) is 1.67. The van der Waals surface area contributed by atoms with Crippen LogP contribution >= 0.6 is 0 Å². The van der Waals surface area contributed by atoms with Crippen molar-refractivity contribution < 1.29 is 18.9 Å². The zero-order valence-corrected chi connectivity index (χ0v) is 10.8. The van der Waals surface area contributed by atoms with E-state index in [0.29, 0.717) is 5.56 Å². The number of quaternary nitrogens is 1. The van der Waals surface area contributed by atoms with Gasteiger partial charge in [0.2, 0.25) is 0 Å². The van der Waals surface area contributed by atoms with Crippen LogP contribution < -0.4 is 5.23 Å². The molecule has 100 valence electrons. The third-order valence-electron chi connectivity index (χ3n) is 2.66. The lowest BCUT2D eigenvalue weighted by Gasteiger charge is -2.11. The number of rotatable bonds is 4. The van der Waals surface area contributed by atoms with Gasteiger partial charge in [-0.05, 0) is 17.7 Å². The maximum absolute atomic E-state index is 12.1. The summed E-state index contributed by atoms with van der Waals surface area (Å²) in [5.41, 5.74) is 0.703. The molecule has 2 aromatic rings. The lowest BCUT2D eigenvalue weighted by atomic mass is 10.2. The van der Waals surface area contributed by atoms with Crippen molar-refractivity contribution >= 4 is 15.5 Å². The fourth-order valence-corrected chi connectivity index (χ4v) is 3.04. The predicted octanol–water partition coefficient (Wildman–Crippen LogP) is 1.06. The number of hydrogen-bond acceptors (Lipinski definition) is 4. The Labute approximate surface area is 111 Å². The Balaban J connectivity index is 2.21. The van der Waals surface area contributed by atoms with Gasteiger partial charge in [-0.2, -0.15) is 5.23 Å². The molecule has 0 aliphatic heterocycles. The van der Waals surface area contributed by atoms with Crippen molar-refractivity contribution in [2.24, 2.45) is 0 Å². The Morgan fingerprint density at radius 1 is 1.00 bits per heavy atom. The first-order valence-corrected chi connectivity index (χ1v) is 7.24. The minimum atomic E-state index is -3.39. The molecule has 1 unspecified atom stereocenters. The summed E-state index contributed by atoms with van der Waals surface area (Å²) in [6, 6.07) is 14.0. The smallest absolute Gasteiger partial charge is 0.182 e. The zero-order chi connectivity index (χ0) is 13.9. The van der Waals surface area contributed by atoms with Crippen molar-refractivity contribution in [1.29, 1.82) is 0 Å². The van der Waals surface area contributed by atoms with Crippen molar-refractivity contribution in [3.63, 3.8) is 0 Å². The molecule has 0 aliphatic carbocycles. The van der Waals surface area contributed by atoms with E-state index in [1.54, 1.807) is 30.3 Å². The van der Waals surface area contributed by atoms with E-state index >= 15 is 0 Å². The van der Waals surface area contributed by atoms with Gasteiger partial charge in [-0.1, -0.05) is 30.3 Å². The predicted molar refractivity (Wildman–Crippen MR) is 69.6 cm³/mol. The van der Waals surface area contributed by atoms with Crippen LogP contribution in [0.25, 0.3) is 0 Å². The van der Waals surface area contributed by atoms with Crippen LogP contribution in [-0.2, 0) is 15.6 Å². The van der Waals surface area contributed by atoms with Gasteiger partial charge in [0.15, 0.2) is 15.5 Å².